The smallest absolute Gasteiger partial charge is 0.453 e. The Balaban J connectivity index is 1.30. The van der Waals surface area contributed by atoms with Crippen LogP contribution in [-0.2, 0) is 22.7 Å². The number of hydrogen-bond donors (Lipinski definition) is 2. The van der Waals surface area contributed by atoms with Crippen LogP contribution < -0.4 is 16.3 Å². The predicted octanol–water partition coefficient (Wildman–Crippen LogP) is 4.97. The number of nitrogens with zero attached hydrogens (tertiary/aromatic N) is 7. The number of carbonyl (C=O) groups is 1. The van der Waals surface area contributed by atoms with E-state index in [0.29, 0.717) is 47.2 Å². The van der Waals surface area contributed by atoms with Crippen molar-refractivity contribution in [2.45, 2.75) is 56.5 Å². The molecule has 1 saturated carbocycles. The number of aryl methyl sites for hydroxylation is 1. The molecule has 242 valence electrons. The Morgan fingerprint density at radius 3 is 2.67 bits per heavy atom. The molecule has 7 rings (SSSR count). The van der Waals surface area contributed by atoms with E-state index in [4.69, 9.17) is 15.2 Å². The number of aromatic nitrogens is 7. The Bertz CT molecular complexity index is 2210. The summed E-state index contributed by atoms with van der Waals surface area (Å²) >= 11 is 0. The molecular weight excluding hydrogens is 607 g/mol. The Morgan fingerprint density at radius 2 is 1.93 bits per heavy atom. The van der Waals surface area contributed by atoms with Gasteiger partial charge in [-0.25, -0.2) is 19.6 Å². The van der Waals surface area contributed by atoms with E-state index in [1.807, 2.05) is 0 Å². The molecule has 1 unspecified atom stereocenters. The van der Waals surface area contributed by atoms with Gasteiger partial charge in [0.25, 0.3) is 0 Å². The molecule has 46 heavy (non-hydrogen) atoms. The first kappa shape index (κ1) is 24.4. The number of fused-ring (bicyclic) bond motifs is 2. The molecule has 0 radical (unpaired) electrons. The van der Waals surface area contributed by atoms with Crippen LogP contribution in [0.2, 0.25) is 0 Å². The van der Waals surface area contributed by atoms with Crippen molar-refractivity contribution >= 4 is 39.8 Å². The van der Waals surface area contributed by atoms with Gasteiger partial charge in [0, 0.05) is 72.0 Å². The lowest BCUT2D eigenvalue weighted by molar-refractivity contribution is -0.212. The summed E-state index contributed by atoms with van der Waals surface area (Å²) in [5.41, 5.74) is 0.644. The predicted molar refractivity (Wildman–Crippen MR) is 162 cm³/mol. The van der Waals surface area contributed by atoms with E-state index in [-0.39, 0.29) is 52.2 Å². The summed E-state index contributed by atoms with van der Waals surface area (Å²) < 4.78 is 96.0. The van der Waals surface area contributed by atoms with Crippen LogP contribution in [0.4, 0.5) is 29.6 Å². The minimum atomic E-state index is -4.74. The molecule has 2 aliphatic rings. The largest absolute Gasteiger partial charge is 0.504 e. The highest BCUT2D eigenvalue weighted by Crippen LogP contribution is 2.37. The minimum absolute atomic E-state index is 0.000266. The number of methoxy groups -OCH3 is 1. The van der Waals surface area contributed by atoms with E-state index in [0.717, 1.165) is 12.4 Å². The van der Waals surface area contributed by atoms with Crippen LogP contribution in [0.3, 0.4) is 0 Å². The number of amides is 1. The quantitative estimate of drug-likeness (QED) is 0.265. The van der Waals surface area contributed by atoms with Gasteiger partial charge in [0.1, 0.15) is 11.6 Å². The van der Waals surface area contributed by atoms with Crippen molar-refractivity contribution in [1.82, 2.24) is 38.8 Å². The number of carbonyl (C=O) groups excluding carboxylic acids is 1. The molecule has 2 atom stereocenters. The lowest BCUT2D eigenvalue weighted by Gasteiger charge is -2.24. The molecule has 13 nitrogen and oxygen atoms in total. The van der Waals surface area contributed by atoms with Gasteiger partial charge < -0.3 is 24.7 Å². The Morgan fingerprint density at radius 1 is 1.11 bits per heavy atom. The van der Waals surface area contributed by atoms with Crippen molar-refractivity contribution in [2.24, 2.45) is 6.98 Å². The average Bonchev–Trinajstić information content (AvgIpc) is 3.84. The molecule has 16 heteroatoms. The summed E-state index contributed by atoms with van der Waals surface area (Å²) in [6.45, 7) is -2.18. The summed E-state index contributed by atoms with van der Waals surface area (Å²) in [5.74, 6) is 0.390. The number of alkyl halides is 3. The van der Waals surface area contributed by atoms with Crippen molar-refractivity contribution < 1.29 is 34.3 Å². The Labute approximate surface area is 266 Å². The second-order valence-corrected chi connectivity index (χ2v) is 11.1. The van der Waals surface area contributed by atoms with E-state index in [9.17, 15) is 24.1 Å². The van der Waals surface area contributed by atoms with Crippen molar-refractivity contribution in [3.05, 3.63) is 53.5 Å². The maximum Gasteiger partial charge on any atom is 0.504 e. The number of imidazole rings is 1. The van der Waals surface area contributed by atoms with Gasteiger partial charge in [0.15, 0.2) is 0 Å². The van der Waals surface area contributed by atoms with Gasteiger partial charge in [-0.2, -0.15) is 9.78 Å². The highest BCUT2D eigenvalue weighted by Gasteiger charge is 2.33. The van der Waals surface area contributed by atoms with Gasteiger partial charge in [-0.1, -0.05) is 0 Å². The van der Waals surface area contributed by atoms with Crippen molar-refractivity contribution in [1.29, 1.82) is 0 Å². The molecule has 0 bridgehead atoms. The Hall–Kier alpha value is -4.86. The van der Waals surface area contributed by atoms with Crippen molar-refractivity contribution in [2.75, 3.05) is 25.6 Å². The molecule has 1 aliphatic carbocycles. The second-order valence-electron chi connectivity index (χ2n) is 11.1. The normalized spacial score (nSPS) is 23.4. The molecule has 0 aromatic carbocycles. The number of ether oxygens (including phenoxy) is 2. The molecular formula is C30H32F3N9O4. The van der Waals surface area contributed by atoms with Gasteiger partial charge in [0.2, 0.25) is 0 Å². The van der Waals surface area contributed by atoms with Crippen LogP contribution in [0.15, 0.2) is 47.8 Å². The average molecular weight is 645 g/mol. The van der Waals surface area contributed by atoms with Crippen molar-refractivity contribution in [3.8, 4) is 11.1 Å². The zero-order valence-corrected chi connectivity index (χ0v) is 24.5. The summed E-state index contributed by atoms with van der Waals surface area (Å²) in [5, 5.41) is 9.01. The molecule has 2 N–H and O–H groups in total. The summed E-state index contributed by atoms with van der Waals surface area (Å²) in [6, 6.07) is 1.54. The van der Waals surface area contributed by atoms with E-state index in [1.54, 1.807) is 22.9 Å². The number of anilines is 2. The van der Waals surface area contributed by atoms with Gasteiger partial charge in [-0.15, -0.1) is 13.2 Å². The zero-order chi connectivity index (χ0) is 36.5. The molecule has 2 fully saturated rings. The lowest BCUT2D eigenvalue weighted by atomic mass is 10.1. The SMILES string of the molecule is [2H]C1(NC(=O)OC)CC[C@@H](n2c(=O)n(C([2H])([2H])[2H])c3cnc(Nc4ccc5c(n4)c(-c4cnn(C(F)(F)F)c4)cn5C4([2H])CCOCC4)cc32)C1. The third-order valence-electron chi connectivity index (χ3n) is 8.32. The third kappa shape index (κ3) is 5.35. The summed E-state index contributed by atoms with van der Waals surface area (Å²) in [7, 11) is 1.17. The lowest BCUT2D eigenvalue weighted by Crippen LogP contribution is -2.33. The monoisotopic (exact) mass is 644 g/mol. The maximum atomic E-state index is 13.7. The zero-order valence-electron chi connectivity index (χ0n) is 29.5. The van der Waals surface area contributed by atoms with E-state index in [1.165, 1.54) is 23.9 Å². The van der Waals surface area contributed by atoms with E-state index < -0.39 is 43.1 Å². The van der Waals surface area contributed by atoms with Crippen LogP contribution in [0.25, 0.3) is 33.2 Å². The first-order valence-electron chi connectivity index (χ1n) is 17.0. The second kappa shape index (κ2) is 11.5. The number of pyridine rings is 2. The fraction of sp³-hybridized carbons (Fsp3) is 0.433. The molecule has 1 saturated heterocycles. The fourth-order valence-electron chi connectivity index (χ4n) is 6.12. The standard InChI is InChI=1S/C30H32F3N9O4/c1-39-24-14-34-26(12-23(24)42(29(39)44)20-4-3-18(11-20)36-28(43)45-2)37-25-6-5-22-27(38-25)21(16-40(22)19-7-9-46-10-8-19)17-13-35-41(15-17)30(31,32)33/h5-6,12-16,18-20H,3-4,7-11H2,1-2H3,(H,36,43)(H,34,37,38)/t18?,20-/m1/s1/i1D3,18D,19D. The van der Waals surface area contributed by atoms with Gasteiger partial charge in [0.05, 0.1) is 44.3 Å². The van der Waals surface area contributed by atoms with Gasteiger partial charge in [-0.3, -0.25) is 9.13 Å². The molecule has 1 amide bonds. The van der Waals surface area contributed by atoms with E-state index in [2.05, 4.69) is 25.5 Å². The molecule has 6 heterocycles. The number of halogens is 3. The van der Waals surface area contributed by atoms with Crippen LogP contribution in [0.5, 0.6) is 0 Å². The van der Waals surface area contributed by atoms with Crippen LogP contribution in [0, 0.1) is 0 Å². The van der Waals surface area contributed by atoms with Crippen LogP contribution in [-0.4, -0.2) is 65.9 Å². The van der Waals surface area contributed by atoms with Gasteiger partial charge >= 0.3 is 18.1 Å². The maximum absolute atomic E-state index is 13.7. The first-order valence-corrected chi connectivity index (χ1v) is 14.5. The molecule has 0 spiro atoms. The van der Waals surface area contributed by atoms with Crippen LogP contribution in [0.1, 0.15) is 51.0 Å². The minimum Gasteiger partial charge on any atom is -0.453 e. The highest BCUT2D eigenvalue weighted by molar-refractivity contribution is 5.94. The highest BCUT2D eigenvalue weighted by atomic mass is 19.4. The topological polar surface area (TPSA) is 135 Å². The Kier molecular flexibility index (Phi) is 6.09. The number of alkyl carbamates (subject to hydrolysis) is 1. The van der Waals surface area contributed by atoms with E-state index >= 15 is 0 Å². The number of hydrogen-bond acceptors (Lipinski definition) is 8. The fourth-order valence-corrected chi connectivity index (χ4v) is 6.12. The first-order chi connectivity index (χ1) is 24.0. The van der Waals surface area contributed by atoms with Crippen molar-refractivity contribution in [3.63, 3.8) is 0 Å². The molecule has 5 aromatic heterocycles. The molecule has 1 aliphatic heterocycles. The number of nitrogens with one attached hydrogen (secondary N) is 2. The third-order valence-corrected chi connectivity index (χ3v) is 8.32. The number of rotatable bonds is 6. The van der Waals surface area contributed by atoms with Crippen LogP contribution >= 0.6 is 0 Å². The summed E-state index contributed by atoms with van der Waals surface area (Å²) in [4.78, 5) is 34.6. The summed E-state index contributed by atoms with van der Waals surface area (Å²) in [6.07, 6.45) is 0.370. The molecule has 5 aromatic rings. The van der Waals surface area contributed by atoms with Gasteiger partial charge in [-0.05, 0) is 44.2 Å².